The molecule has 6 heteroatoms. The second-order valence-corrected chi connectivity index (χ2v) is 5.34. The number of nitrogens with zero attached hydrogens (tertiary/aromatic N) is 2. The minimum atomic E-state index is -0.604. The van der Waals surface area contributed by atoms with Crippen LogP contribution in [-0.2, 0) is 9.47 Å². The van der Waals surface area contributed by atoms with Crippen LogP contribution in [0.2, 0.25) is 0 Å². The molecule has 1 aliphatic heterocycles. The summed E-state index contributed by atoms with van der Waals surface area (Å²) >= 11 is 0. The van der Waals surface area contributed by atoms with E-state index >= 15 is 0 Å². The van der Waals surface area contributed by atoms with E-state index in [0.29, 0.717) is 0 Å². The zero-order chi connectivity index (χ0) is 14.0. The molecule has 5 nitrogen and oxygen atoms in total. The number of amides is 1. The lowest BCUT2D eigenvalue weighted by Gasteiger charge is -2.27. The third kappa shape index (κ3) is 3.20. The van der Waals surface area contributed by atoms with E-state index in [9.17, 15) is 9.18 Å². The first kappa shape index (κ1) is 13.7. The third-order valence-electron chi connectivity index (χ3n) is 2.61. The lowest BCUT2D eigenvalue weighted by Crippen LogP contribution is -2.37. The highest BCUT2D eigenvalue weighted by molar-refractivity contribution is 5.69. The first-order valence-electron chi connectivity index (χ1n) is 6.06. The van der Waals surface area contributed by atoms with Gasteiger partial charge in [-0.15, -0.1) is 0 Å². The number of rotatable bonds is 1. The molecule has 1 fully saturated rings. The van der Waals surface area contributed by atoms with Gasteiger partial charge in [-0.25, -0.2) is 9.18 Å². The number of hydrogen-bond donors (Lipinski definition) is 0. The lowest BCUT2D eigenvalue weighted by atomic mass is 10.2. The average Bonchev–Trinajstić information content (AvgIpc) is 2.76. The molecule has 0 radical (unpaired) electrons. The smallest absolute Gasteiger partial charge is 0.412 e. The van der Waals surface area contributed by atoms with Gasteiger partial charge in [-0.3, -0.25) is 9.88 Å². The van der Waals surface area contributed by atoms with Crippen LogP contribution in [0.25, 0.3) is 0 Å². The van der Waals surface area contributed by atoms with E-state index in [1.807, 2.05) is 0 Å². The van der Waals surface area contributed by atoms with E-state index in [4.69, 9.17) is 9.47 Å². The third-order valence-corrected chi connectivity index (χ3v) is 2.61. The Morgan fingerprint density at radius 1 is 1.58 bits per heavy atom. The summed E-state index contributed by atoms with van der Waals surface area (Å²) in [5.41, 5.74) is -0.404. The van der Waals surface area contributed by atoms with Crippen molar-refractivity contribution < 1.29 is 18.7 Å². The van der Waals surface area contributed by atoms with Crippen molar-refractivity contribution in [2.75, 3.05) is 13.3 Å². The summed E-state index contributed by atoms with van der Waals surface area (Å²) in [6.07, 6.45) is 0.962. The number of aromatic nitrogens is 1. The number of halogens is 1. The summed E-state index contributed by atoms with van der Waals surface area (Å²) in [6, 6.07) is 2.27. The fourth-order valence-corrected chi connectivity index (χ4v) is 1.81. The van der Waals surface area contributed by atoms with Crippen molar-refractivity contribution in [3.8, 4) is 0 Å². The Labute approximate surface area is 111 Å². The maximum atomic E-state index is 13.7. The molecule has 0 aromatic carbocycles. The van der Waals surface area contributed by atoms with E-state index in [1.165, 1.54) is 23.2 Å². The van der Waals surface area contributed by atoms with Crippen molar-refractivity contribution in [2.24, 2.45) is 0 Å². The molecular formula is C13H17FN2O3. The molecule has 1 atom stereocenters. The van der Waals surface area contributed by atoms with E-state index in [2.05, 4.69) is 4.98 Å². The quantitative estimate of drug-likeness (QED) is 0.785. The topological polar surface area (TPSA) is 51.7 Å². The van der Waals surface area contributed by atoms with E-state index < -0.39 is 23.6 Å². The minimum Gasteiger partial charge on any atom is -0.444 e. The van der Waals surface area contributed by atoms with Crippen LogP contribution in [0.4, 0.5) is 9.18 Å². The first-order valence-corrected chi connectivity index (χ1v) is 6.06. The van der Waals surface area contributed by atoms with Gasteiger partial charge in [0.1, 0.15) is 29.9 Å². The average molecular weight is 268 g/mol. The van der Waals surface area contributed by atoms with Gasteiger partial charge in [-0.1, -0.05) is 0 Å². The van der Waals surface area contributed by atoms with Gasteiger partial charge in [-0.05, 0) is 32.9 Å². The number of carbonyl (C=O) groups excluding carboxylic acids is 1. The molecule has 0 saturated carbocycles. The minimum absolute atomic E-state index is 0.0790. The maximum Gasteiger partial charge on any atom is 0.412 e. The van der Waals surface area contributed by atoms with Gasteiger partial charge in [-0.2, -0.15) is 0 Å². The molecule has 1 aromatic rings. The molecule has 2 heterocycles. The summed E-state index contributed by atoms with van der Waals surface area (Å²) in [4.78, 5) is 17.4. The largest absolute Gasteiger partial charge is 0.444 e. The van der Waals surface area contributed by atoms with Gasteiger partial charge in [0.15, 0.2) is 0 Å². The molecule has 0 bridgehead atoms. The highest BCUT2D eigenvalue weighted by Crippen LogP contribution is 2.28. The lowest BCUT2D eigenvalue weighted by molar-refractivity contribution is 0.0153. The molecule has 0 spiro atoms. The fraction of sp³-hybridized carbons (Fsp3) is 0.538. The van der Waals surface area contributed by atoms with Crippen molar-refractivity contribution in [1.29, 1.82) is 0 Å². The van der Waals surface area contributed by atoms with Gasteiger partial charge < -0.3 is 9.47 Å². The highest BCUT2D eigenvalue weighted by Gasteiger charge is 2.36. The molecule has 1 saturated heterocycles. The summed E-state index contributed by atoms with van der Waals surface area (Å²) in [7, 11) is 0. The normalized spacial score (nSPS) is 19.6. The van der Waals surface area contributed by atoms with E-state index in [-0.39, 0.29) is 19.0 Å². The molecule has 2 rings (SSSR count). The summed E-state index contributed by atoms with van der Waals surface area (Å²) < 4.78 is 24.2. The van der Waals surface area contributed by atoms with Crippen molar-refractivity contribution in [3.05, 3.63) is 29.8 Å². The predicted molar refractivity (Wildman–Crippen MR) is 65.8 cm³/mol. The fourth-order valence-electron chi connectivity index (χ4n) is 1.81. The summed E-state index contributed by atoms with van der Waals surface area (Å²) in [5.74, 6) is -0.452. The molecule has 1 unspecified atom stereocenters. The second-order valence-electron chi connectivity index (χ2n) is 5.34. The molecule has 104 valence electrons. The Bertz CT molecular complexity index is 473. The SMILES string of the molecule is CC(C)(C)OC(=O)N1COCC1c1ncccc1F. The van der Waals surface area contributed by atoms with Gasteiger partial charge in [0.05, 0.1) is 6.61 Å². The molecule has 0 N–H and O–H groups in total. The monoisotopic (exact) mass is 268 g/mol. The number of hydrogen-bond acceptors (Lipinski definition) is 4. The Kier molecular flexibility index (Phi) is 3.71. The van der Waals surface area contributed by atoms with Crippen LogP contribution < -0.4 is 0 Å². The van der Waals surface area contributed by atoms with E-state index in [1.54, 1.807) is 20.8 Å². The highest BCUT2D eigenvalue weighted by atomic mass is 19.1. The first-order chi connectivity index (χ1) is 8.88. The maximum absolute atomic E-state index is 13.7. The Hall–Kier alpha value is -1.69. The molecule has 19 heavy (non-hydrogen) atoms. The molecule has 1 aliphatic rings. The van der Waals surface area contributed by atoms with Crippen LogP contribution >= 0.6 is 0 Å². The molecule has 1 amide bonds. The van der Waals surface area contributed by atoms with Crippen LogP contribution in [0.15, 0.2) is 18.3 Å². The molecular weight excluding hydrogens is 251 g/mol. The van der Waals surface area contributed by atoms with Gasteiger partial charge in [0, 0.05) is 6.20 Å². The molecule has 1 aromatic heterocycles. The molecule has 0 aliphatic carbocycles. The zero-order valence-electron chi connectivity index (χ0n) is 11.2. The number of ether oxygens (including phenoxy) is 2. The Balaban J connectivity index is 2.18. The van der Waals surface area contributed by atoms with Crippen molar-refractivity contribution in [1.82, 2.24) is 9.88 Å². The van der Waals surface area contributed by atoms with Crippen LogP contribution in [0.3, 0.4) is 0 Å². The number of carbonyl (C=O) groups is 1. The summed E-state index contributed by atoms with van der Waals surface area (Å²) in [5, 5.41) is 0. The van der Waals surface area contributed by atoms with Crippen LogP contribution in [0.1, 0.15) is 32.5 Å². The number of pyridine rings is 1. The predicted octanol–water partition coefficient (Wildman–Crippen LogP) is 2.49. The van der Waals surface area contributed by atoms with Gasteiger partial charge in [0.25, 0.3) is 0 Å². The standard InChI is InChI=1S/C13H17FN2O3/c1-13(2,3)19-12(17)16-8-18-7-10(16)11-9(14)5-4-6-15-11/h4-6,10H,7-8H2,1-3H3. The summed E-state index contributed by atoms with van der Waals surface area (Å²) in [6.45, 7) is 5.62. The van der Waals surface area contributed by atoms with Crippen molar-refractivity contribution in [2.45, 2.75) is 32.4 Å². The van der Waals surface area contributed by atoms with Gasteiger partial charge >= 0.3 is 6.09 Å². The van der Waals surface area contributed by atoms with Gasteiger partial charge in [0.2, 0.25) is 0 Å². The van der Waals surface area contributed by atoms with Crippen LogP contribution in [-0.4, -0.2) is 34.9 Å². The Morgan fingerprint density at radius 2 is 2.32 bits per heavy atom. The van der Waals surface area contributed by atoms with E-state index in [0.717, 1.165) is 0 Å². The Morgan fingerprint density at radius 3 is 2.95 bits per heavy atom. The van der Waals surface area contributed by atoms with Crippen LogP contribution in [0.5, 0.6) is 0 Å². The van der Waals surface area contributed by atoms with Crippen molar-refractivity contribution in [3.63, 3.8) is 0 Å². The van der Waals surface area contributed by atoms with Crippen LogP contribution in [0, 0.1) is 5.82 Å². The second kappa shape index (κ2) is 5.13. The van der Waals surface area contributed by atoms with Crippen molar-refractivity contribution >= 4 is 6.09 Å². The zero-order valence-corrected chi connectivity index (χ0v) is 11.2.